The maximum atomic E-state index is 13.6. The van der Waals surface area contributed by atoms with Crippen molar-refractivity contribution >= 4 is 17.7 Å². The topological polar surface area (TPSA) is 78.9 Å². The van der Waals surface area contributed by atoms with Gasteiger partial charge in [0.05, 0.1) is 12.8 Å². The van der Waals surface area contributed by atoms with E-state index in [9.17, 15) is 14.0 Å². The van der Waals surface area contributed by atoms with Crippen LogP contribution < -0.4 is 10.1 Å². The summed E-state index contributed by atoms with van der Waals surface area (Å²) < 4.78 is 18.5. The monoisotopic (exact) mass is 282 g/mol. The third-order valence-electron chi connectivity index (χ3n) is 2.38. The molecule has 1 aromatic carbocycles. The molecule has 0 fully saturated rings. The van der Waals surface area contributed by atoms with Crippen LogP contribution >= 0.6 is 0 Å². The van der Waals surface area contributed by atoms with E-state index in [1.165, 1.54) is 25.3 Å². The van der Waals surface area contributed by atoms with Crippen LogP contribution in [0.1, 0.15) is 0 Å². The highest BCUT2D eigenvalue weighted by atomic mass is 19.1. The summed E-state index contributed by atoms with van der Waals surface area (Å²) in [6.45, 7) is 2.95. The number of rotatable bonds is 6. The number of urea groups is 1. The van der Waals surface area contributed by atoms with Gasteiger partial charge in [0.15, 0.2) is 0 Å². The Morgan fingerprint density at radius 2 is 2.25 bits per heavy atom. The average Bonchev–Trinajstić information content (AvgIpc) is 2.40. The van der Waals surface area contributed by atoms with Crippen molar-refractivity contribution in [2.75, 3.05) is 25.5 Å². The first kappa shape index (κ1) is 15.5. The molecule has 0 atom stereocenters. The van der Waals surface area contributed by atoms with Crippen LogP contribution in [-0.2, 0) is 4.79 Å². The Morgan fingerprint density at radius 3 is 2.80 bits per heavy atom. The van der Waals surface area contributed by atoms with Crippen molar-refractivity contribution in [1.29, 1.82) is 0 Å². The maximum Gasteiger partial charge on any atom is 0.323 e. The average molecular weight is 282 g/mol. The molecule has 1 rings (SSSR count). The first-order valence-electron chi connectivity index (χ1n) is 5.70. The summed E-state index contributed by atoms with van der Waals surface area (Å²) in [6, 6.07) is 3.12. The molecule has 0 bridgehead atoms. The quantitative estimate of drug-likeness (QED) is 0.781. The summed E-state index contributed by atoms with van der Waals surface area (Å²) >= 11 is 0. The van der Waals surface area contributed by atoms with Gasteiger partial charge in [0, 0.05) is 12.6 Å². The lowest BCUT2D eigenvalue weighted by molar-refractivity contribution is -0.137. The molecule has 0 aliphatic rings. The van der Waals surface area contributed by atoms with E-state index in [1.54, 1.807) is 0 Å². The Bertz CT molecular complexity index is 519. The summed E-state index contributed by atoms with van der Waals surface area (Å²) in [5.74, 6) is -1.45. The smallest absolute Gasteiger partial charge is 0.323 e. The first-order valence-corrected chi connectivity index (χ1v) is 5.70. The summed E-state index contributed by atoms with van der Waals surface area (Å²) in [6.07, 6.45) is 1.38. The summed E-state index contributed by atoms with van der Waals surface area (Å²) in [4.78, 5) is 23.5. The number of aliphatic carboxylic acids is 1. The number of carboxylic acids is 1. The van der Waals surface area contributed by atoms with Crippen molar-refractivity contribution in [3.8, 4) is 5.75 Å². The minimum Gasteiger partial charge on any atom is -0.497 e. The van der Waals surface area contributed by atoms with Gasteiger partial charge in [-0.3, -0.25) is 4.79 Å². The standard InChI is InChI=1S/C13H15FN2O4/c1-3-6-16(8-12(17)18)13(19)15-11-7-9(20-2)4-5-10(11)14/h3-5,7H,1,6,8H2,2H3,(H,15,19)(H,17,18). The number of anilines is 1. The molecule has 0 aliphatic carbocycles. The summed E-state index contributed by atoms with van der Waals surface area (Å²) in [7, 11) is 1.41. The van der Waals surface area contributed by atoms with Gasteiger partial charge in [-0.05, 0) is 12.1 Å². The van der Waals surface area contributed by atoms with E-state index >= 15 is 0 Å². The lowest BCUT2D eigenvalue weighted by atomic mass is 10.3. The van der Waals surface area contributed by atoms with Gasteiger partial charge in [-0.15, -0.1) is 6.58 Å². The van der Waals surface area contributed by atoms with Gasteiger partial charge < -0.3 is 20.1 Å². The van der Waals surface area contributed by atoms with Crippen molar-refractivity contribution in [3.63, 3.8) is 0 Å². The molecule has 20 heavy (non-hydrogen) atoms. The molecular formula is C13H15FN2O4. The minimum atomic E-state index is -1.17. The van der Waals surface area contributed by atoms with Gasteiger partial charge >= 0.3 is 12.0 Å². The van der Waals surface area contributed by atoms with E-state index in [-0.39, 0.29) is 12.2 Å². The van der Waals surface area contributed by atoms with Crippen molar-refractivity contribution in [2.45, 2.75) is 0 Å². The van der Waals surface area contributed by atoms with Crippen molar-refractivity contribution in [3.05, 3.63) is 36.7 Å². The molecule has 0 spiro atoms. The Kier molecular flexibility index (Phi) is 5.52. The number of nitrogens with one attached hydrogen (secondary N) is 1. The van der Waals surface area contributed by atoms with Gasteiger partial charge in [-0.25, -0.2) is 9.18 Å². The van der Waals surface area contributed by atoms with Gasteiger partial charge in [-0.1, -0.05) is 6.08 Å². The zero-order valence-corrected chi connectivity index (χ0v) is 10.9. The second kappa shape index (κ2) is 7.13. The number of hydrogen-bond acceptors (Lipinski definition) is 3. The van der Waals surface area contributed by atoms with E-state index in [1.807, 2.05) is 0 Å². The van der Waals surface area contributed by atoms with E-state index in [0.717, 1.165) is 11.0 Å². The van der Waals surface area contributed by atoms with Crippen LogP contribution in [0.5, 0.6) is 5.75 Å². The zero-order chi connectivity index (χ0) is 15.1. The van der Waals surface area contributed by atoms with E-state index in [2.05, 4.69) is 11.9 Å². The molecule has 0 aromatic heterocycles. The van der Waals surface area contributed by atoms with Gasteiger partial charge in [0.1, 0.15) is 18.1 Å². The fourth-order valence-corrected chi connectivity index (χ4v) is 1.46. The molecule has 0 unspecified atom stereocenters. The van der Waals surface area contributed by atoms with Crippen LogP contribution in [0.15, 0.2) is 30.9 Å². The molecule has 2 amide bonds. The largest absolute Gasteiger partial charge is 0.497 e. The van der Waals surface area contributed by atoms with Gasteiger partial charge in [0.2, 0.25) is 0 Å². The Morgan fingerprint density at radius 1 is 1.55 bits per heavy atom. The Hall–Kier alpha value is -2.57. The van der Waals surface area contributed by atoms with Crippen LogP contribution in [0.4, 0.5) is 14.9 Å². The number of amides is 2. The number of hydrogen-bond donors (Lipinski definition) is 2. The molecular weight excluding hydrogens is 267 g/mol. The summed E-state index contributed by atoms with van der Waals surface area (Å²) in [5, 5.41) is 11.0. The summed E-state index contributed by atoms with van der Waals surface area (Å²) in [5.41, 5.74) is -0.0891. The molecule has 0 saturated carbocycles. The number of carbonyl (C=O) groups excluding carboxylic acids is 1. The van der Waals surface area contributed by atoms with Crippen molar-refractivity contribution in [2.24, 2.45) is 0 Å². The zero-order valence-electron chi connectivity index (χ0n) is 10.9. The highest BCUT2D eigenvalue weighted by Gasteiger charge is 2.17. The highest BCUT2D eigenvalue weighted by Crippen LogP contribution is 2.21. The van der Waals surface area contributed by atoms with E-state index < -0.39 is 24.4 Å². The third kappa shape index (κ3) is 4.27. The molecule has 0 aliphatic heterocycles. The van der Waals surface area contributed by atoms with Crippen LogP contribution in [-0.4, -0.2) is 42.2 Å². The normalized spacial score (nSPS) is 9.70. The predicted molar refractivity (Wildman–Crippen MR) is 71.4 cm³/mol. The number of benzene rings is 1. The number of ether oxygens (including phenoxy) is 1. The Balaban J connectivity index is 2.86. The van der Waals surface area contributed by atoms with Gasteiger partial charge in [-0.2, -0.15) is 0 Å². The van der Waals surface area contributed by atoms with Crippen LogP contribution in [0, 0.1) is 5.82 Å². The molecule has 2 N–H and O–H groups in total. The molecule has 0 saturated heterocycles. The molecule has 108 valence electrons. The SMILES string of the molecule is C=CCN(CC(=O)O)C(=O)Nc1cc(OC)ccc1F. The van der Waals surface area contributed by atoms with E-state index in [4.69, 9.17) is 9.84 Å². The lowest BCUT2D eigenvalue weighted by Gasteiger charge is -2.19. The fourth-order valence-electron chi connectivity index (χ4n) is 1.46. The Labute approximate surface area is 115 Å². The fraction of sp³-hybridized carbons (Fsp3) is 0.231. The molecule has 0 heterocycles. The molecule has 7 heteroatoms. The maximum absolute atomic E-state index is 13.6. The highest BCUT2D eigenvalue weighted by molar-refractivity contribution is 5.91. The first-order chi connectivity index (χ1) is 9.47. The number of halogens is 1. The van der Waals surface area contributed by atoms with Crippen molar-refractivity contribution < 1.29 is 23.8 Å². The van der Waals surface area contributed by atoms with E-state index in [0.29, 0.717) is 5.75 Å². The third-order valence-corrected chi connectivity index (χ3v) is 2.38. The van der Waals surface area contributed by atoms with Crippen molar-refractivity contribution in [1.82, 2.24) is 4.90 Å². The number of methoxy groups -OCH3 is 1. The van der Waals surface area contributed by atoms with Crippen LogP contribution in [0.3, 0.4) is 0 Å². The number of carboxylic acid groups (broad SMARTS) is 1. The van der Waals surface area contributed by atoms with Crippen LogP contribution in [0.25, 0.3) is 0 Å². The number of nitrogens with zero attached hydrogens (tertiary/aromatic N) is 1. The molecule has 0 radical (unpaired) electrons. The minimum absolute atomic E-state index is 0.0315. The van der Waals surface area contributed by atoms with Gasteiger partial charge in [0.25, 0.3) is 0 Å². The second-order valence-electron chi connectivity index (χ2n) is 3.84. The van der Waals surface area contributed by atoms with Crippen LogP contribution in [0.2, 0.25) is 0 Å². The molecule has 6 nitrogen and oxygen atoms in total. The molecule has 1 aromatic rings. The second-order valence-corrected chi connectivity index (χ2v) is 3.84. The lowest BCUT2D eigenvalue weighted by Crippen LogP contribution is -2.39. The predicted octanol–water partition coefficient (Wildman–Crippen LogP) is 1.94. The number of carbonyl (C=O) groups is 2.